The molecule has 96 valence electrons. The van der Waals surface area contributed by atoms with E-state index in [0.29, 0.717) is 0 Å². The lowest BCUT2D eigenvalue weighted by molar-refractivity contribution is 0.780. The average Bonchev–Trinajstić information content (AvgIpc) is 2.44. The topological polar surface area (TPSA) is 25.8 Å². The molecule has 1 aromatic carbocycles. The SMILES string of the molecule is CCCCc1ccc2ccc3ccc(C)nc3c2n1. The zero-order valence-corrected chi connectivity index (χ0v) is 11.5. The van der Waals surface area contributed by atoms with Crippen molar-refractivity contribution in [1.82, 2.24) is 9.97 Å². The third-order valence-corrected chi connectivity index (χ3v) is 3.50. The molecule has 2 nitrogen and oxygen atoms in total. The lowest BCUT2D eigenvalue weighted by Crippen LogP contribution is -1.93. The summed E-state index contributed by atoms with van der Waals surface area (Å²) in [6, 6.07) is 12.7. The van der Waals surface area contributed by atoms with Crippen LogP contribution < -0.4 is 0 Å². The van der Waals surface area contributed by atoms with E-state index in [1.54, 1.807) is 0 Å². The molecule has 2 heterocycles. The van der Waals surface area contributed by atoms with Gasteiger partial charge in [0.05, 0.1) is 11.0 Å². The Kier molecular flexibility index (Phi) is 3.16. The maximum Gasteiger partial charge on any atom is 0.0967 e. The molecule has 3 aromatic rings. The lowest BCUT2D eigenvalue weighted by Gasteiger charge is -2.06. The van der Waals surface area contributed by atoms with Crippen molar-refractivity contribution < 1.29 is 0 Å². The van der Waals surface area contributed by atoms with E-state index in [1.807, 2.05) is 6.92 Å². The summed E-state index contributed by atoms with van der Waals surface area (Å²) in [5, 5.41) is 2.34. The van der Waals surface area contributed by atoms with Gasteiger partial charge in [0.1, 0.15) is 0 Å². The molecule has 0 aliphatic heterocycles. The van der Waals surface area contributed by atoms with Crippen LogP contribution in [-0.4, -0.2) is 9.97 Å². The summed E-state index contributed by atoms with van der Waals surface area (Å²) in [6.07, 6.45) is 3.44. The number of aromatic nitrogens is 2. The molecule has 0 N–H and O–H groups in total. The highest BCUT2D eigenvalue weighted by molar-refractivity contribution is 6.02. The van der Waals surface area contributed by atoms with E-state index >= 15 is 0 Å². The summed E-state index contributed by atoms with van der Waals surface area (Å²) in [7, 11) is 0. The lowest BCUT2D eigenvalue weighted by atomic mass is 10.1. The van der Waals surface area contributed by atoms with Crippen molar-refractivity contribution in [3.63, 3.8) is 0 Å². The van der Waals surface area contributed by atoms with Crippen LogP contribution in [0.5, 0.6) is 0 Å². The molecule has 0 saturated carbocycles. The van der Waals surface area contributed by atoms with E-state index in [9.17, 15) is 0 Å². The van der Waals surface area contributed by atoms with Crippen LogP contribution in [-0.2, 0) is 6.42 Å². The van der Waals surface area contributed by atoms with Crippen molar-refractivity contribution in [2.24, 2.45) is 0 Å². The smallest absolute Gasteiger partial charge is 0.0967 e. The zero-order chi connectivity index (χ0) is 13.2. The number of benzene rings is 1. The van der Waals surface area contributed by atoms with Gasteiger partial charge < -0.3 is 0 Å². The van der Waals surface area contributed by atoms with Gasteiger partial charge in [-0.25, -0.2) is 0 Å². The maximum absolute atomic E-state index is 4.82. The first kappa shape index (κ1) is 12.1. The average molecular weight is 250 g/mol. The first-order valence-corrected chi connectivity index (χ1v) is 6.94. The predicted molar refractivity (Wildman–Crippen MR) is 80.4 cm³/mol. The molecule has 0 bridgehead atoms. The zero-order valence-electron chi connectivity index (χ0n) is 11.5. The van der Waals surface area contributed by atoms with Gasteiger partial charge in [-0.05, 0) is 31.9 Å². The van der Waals surface area contributed by atoms with E-state index in [1.165, 1.54) is 29.3 Å². The number of unbranched alkanes of at least 4 members (excludes halogenated alkanes) is 1. The molecule has 0 radical (unpaired) electrons. The second-order valence-electron chi connectivity index (χ2n) is 5.07. The normalized spacial score (nSPS) is 11.3. The fourth-order valence-electron chi connectivity index (χ4n) is 2.40. The number of nitrogens with zero attached hydrogens (tertiary/aromatic N) is 2. The Morgan fingerprint density at radius 3 is 2.21 bits per heavy atom. The van der Waals surface area contributed by atoms with Crippen molar-refractivity contribution in [2.45, 2.75) is 33.1 Å². The molecule has 0 saturated heterocycles. The van der Waals surface area contributed by atoms with Crippen LogP contribution in [0.1, 0.15) is 31.2 Å². The summed E-state index contributed by atoms with van der Waals surface area (Å²) in [6.45, 7) is 4.24. The number of pyridine rings is 2. The molecule has 0 unspecified atom stereocenters. The molecular formula is C17H18N2. The van der Waals surface area contributed by atoms with E-state index < -0.39 is 0 Å². The number of hydrogen-bond acceptors (Lipinski definition) is 2. The van der Waals surface area contributed by atoms with Crippen LogP contribution >= 0.6 is 0 Å². The van der Waals surface area contributed by atoms with Crippen LogP contribution in [0.4, 0.5) is 0 Å². The van der Waals surface area contributed by atoms with Crippen molar-refractivity contribution in [1.29, 1.82) is 0 Å². The summed E-state index contributed by atoms with van der Waals surface area (Å²) < 4.78 is 0. The van der Waals surface area contributed by atoms with Gasteiger partial charge in [0.25, 0.3) is 0 Å². The third kappa shape index (κ3) is 2.30. The van der Waals surface area contributed by atoms with Crippen LogP contribution in [0.25, 0.3) is 21.8 Å². The summed E-state index contributed by atoms with van der Waals surface area (Å²) in [5.41, 5.74) is 4.27. The van der Waals surface area contributed by atoms with Gasteiger partial charge in [0.15, 0.2) is 0 Å². The van der Waals surface area contributed by atoms with E-state index in [0.717, 1.165) is 23.1 Å². The highest BCUT2D eigenvalue weighted by Gasteiger charge is 2.05. The van der Waals surface area contributed by atoms with E-state index in [4.69, 9.17) is 4.98 Å². The number of aryl methyl sites for hydroxylation is 2. The molecule has 0 fully saturated rings. The predicted octanol–water partition coefficient (Wildman–Crippen LogP) is 4.43. The molecule has 19 heavy (non-hydrogen) atoms. The molecular weight excluding hydrogens is 232 g/mol. The second-order valence-corrected chi connectivity index (χ2v) is 5.07. The minimum atomic E-state index is 1.02. The molecule has 0 spiro atoms. The first-order chi connectivity index (χ1) is 9.28. The van der Waals surface area contributed by atoms with Crippen molar-refractivity contribution >= 4 is 21.8 Å². The van der Waals surface area contributed by atoms with Gasteiger partial charge in [-0.15, -0.1) is 0 Å². The Hall–Kier alpha value is -1.96. The van der Waals surface area contributed by atoms with Gasteiger partial charge in [-0.2, -0.15) is 0 Å². The van der Waals surface area contributed by atoms with Gasteiger partial charge >= 0.3 is 0 Å². The highest BCUT2D eigenvalue weighted by Crippen LogP contribution is 2.23. The van der Waals surface area contributed by atoms with Crippen molar-refractivity contribution in [3.8, 4) is 0 Å². The number of rotatable bonds is 3. The monoisotopic (exact) mass is 250 g/mol. The van der Waals surface area contributed by atoms with Gasteiger partial charge in [0, 0.05) is 22.2 Å². The fraction of sp³-hybridized carbons (Fsp3) is 0.294. The molecule has 0 aliphatic carbocycles. The fourth-order valence-corrected chi connectivity index (χ4v) is 2.40. The quantitative estimate of drug-likeness (QED) is 0.642. The Balaban J connectivity index is 2.22. The van der Waals surface area contributed by atoms with E-state index in [-0.39, 0.29) is 0 Å². The number of hydrogen-bond donors (Lipinski definition) is 0. The Labute approximate surface area is 113 Å². The largest absolute Gasteiger partial charge is 0.251 e. The van der Waals surface area contributed by atoms with Crippen LogP contribution in [0.3, 0.4) is 0 Å². The second kappa shape index (κ2) is 4.96. The molecule has 0 aliphatic rings. The third-order valence-electron chi connectivity index (χ3n) is 3.50. The summed E-state index contributed by atoms with van der Waals surface area (Å²) >= 11 is 0. The Morgan fingerprint density at radius 2 is 1.47 bits per heavy atom. The minimum Gasteiger partial charge on any atom is -0.251 e. The van der Waals surface area contributed by atoms with Crippen molar-refractivity contribution in [3.05, 3.63) is 47.8 Å². The standard InChI is InChI=1S/C17H18N2/c1-3-4-5-15-11-10-14-9-8-13-7-6-12(2)18-16(13)17(14)19-15/h6-11H,3-5H2,1-2H3. The molecule has 3 rings (SSSR count). The van der Waals surface area contributed by atoms with Crippen molar-refractivity contribution in [2.75, 3.05) is 0 Å². The summed E-state index contributed by atoms with van der Waals surface area (Å²) in [4.78, 5) is 9.48. The summed E-state index contributed by atoms with van der Waals surface area (Å²) in [5.74, 6) is 0. The molecule has 2 heteroatoms. The van der Waals surface area contributed by atoms with Crippen LogP contribution in [0, 0.1) is 6.92 Å². The number of fused-ring (bicyclic) bond motifs is 3. The van der Waals surface area contributed by atoms with E-state index in [2.05, 4.69) is 48.3 Å². The van der Waals surface area contributed by atoms with Gasteiger partial charge in [0.2, 0.25) is 0 Å². The van der Waals surface area contributed by atoms with Gasteiger partial charge in [-0.3, -0.25) is 9.97 Å². The highest BCUT2D eigenvalue weighted by atomic mass is 14.8. The molecule has 0 amide bonds. The van der Waals surface area contributed by atoms with Crippen LogP contribution in [0.15, 0.2) is 36.4 Å². The Bertz CT molecular complexity index is 732. The van der Waals surface area contributed by atoms with Crippen LogP contribution in [0.2, 0.25) is 0 Å². The Morgan fingerprint density at radius 1 is 0.842 bits per heavy atom. The maximum atomic E-state index is 4.82. The molecule has 0 atom stereocenters. The first-order valence-electron chi connectivity index (χ1n) is 6.94. The molecule has 2 aromatic heterocycles. The van der Waals surface area contributed by atoms with Gasteiger partial charge in [-0.1, -0.05) is 37.6 Å². The minimum absolute atomic E-state index is 1.02.